The third kappa shape index (κ3) is 0.988. The van der Waals surface area contributed by atoms with E-state index in [1.165, 1.54) is 0 Å². The molecule has 0 bridgehead atoms. The molecule has 2 atom stereocenters. The van der Waals surface area contributed by atoms with Crippen LogP contribution in [0.25, 0.3) is 0 Å². The highest BCUT2D eigenvalue weighted by Crippen LogP contribution is 2.47. The zero-order valence-corrected chi connectivity index (χ0v) is 8.82. The van der Waals surface area contributed by atoms with E-state index in [0.717, 1.165) is 11.3 Å². The lowest BCUT2D eigenvalue weighted by Crippen LogP contribution is -2.33. The molecule has 16 heavy (non-hydrogen) atoms. The first-order valence-electron chi connectivity index (χ1n) is 5.27. The van der Waals surface area contributed by atoms with E-state index in [2.05, 4.69) is 5.32 Å². The van der Waals surface area contributed by atoms with Crippen molar-refractivity contribution in [3.63, 3.8) is 0 Å². The van der Waals surface area contributed by atoms with Crippen molar-refractivity contribution in [2.75, 3.05) is 5.32 Å². The van der Waals surface area contributed by atoms with Crippen molar-refractivity contribution in [3.8, 4) is 0 Å². The quantitative estimate of drug-likeness (QED) is 0.668. The summed E-state index contributed by atoms with van der Waals surface area (Å²) in [5.74, 6) is -0.754. The maximum Gasteiger partial charge on any atom is 0.310 e. The number of ether oxygens (including phenoxy) is 1. The lowest BCUT2D eigenvalue weighted by molar-refractivity contribution is -0.157. The van der Waals surface area contributed by atoms with E-state index in [0.29, 0.717) is 6.42 Å². The second kappa shape index (κ2) is 2.84. The molecule has 4 heteroatoms. The highest BCUT2D eigenvalue weighted by atomic mass is 16.6. The summed E-state index contributed by atoms with van der Waals surface area (Å²) in [5.41, 5.74) is 0.444. The number of carbonyl (C=O) groups excluding carboxylic acids is 2. The van der Waals surface area contributed by atoms with E-state index < -0.39 is 5.60 Å². The maximum atomic E-state index is 12.0. The summed E-state index contributed by atoms with van der Waals surface area (Å²) >= 11 is 0. The molecule has 2 unspecified atom stereocenters. The van der Waals surface area contributed by atoms with Crippen molar-refractivity contribution in [1.29, 1.82) is 0 Å². The number of para-hydroxylation sites is 1. The Morgan fingerprint density at radius 2 is 2.12 bits per heavy atom. The van der Waals surface area contributed by atoms with Gasteiger partial charge in [-0.2, -0.15) is 0 Å². The van der Waals surface area contributed by atoms with Gasteiger partial charge in [-0.1, -0.05) is 25.1 Å². The Kier molecular flexibility index (Phi) is 1.67. The van der Waals surface area contributed by atoms with Crippen molar-refractivity contribution in [1.82, 2.24) is 0 Å². The van der Waals surface area contributed by atoms with E-state index in [4.69, 9.17) is 4.74 Å². The molecule has 1 aromatic carbocycles. The normalized spacial score (nSPS) is 31.4. The number of fused-ring (bicyclic) bond motifs is 2. The number of esters is 1. The third-order valence-corrected chi connectivity index (χ3v) is 3.25. The molecule has 82 valence electrons. The van der Waals surface area contributed by atoms with Crippen LogP contribution in [0.5, 0.6) is 0 Å². The third-order valence-electron chi connectivity index (χ3n) is 3.25. The smallest absolute Gasteiger partial charge is 0.310 e. The van der Waals surface area contributed by atoms with Gasteiger partial charge >= 0.3 is 5.97 Å². The molecule has 2 aliphatic heterocycles. The Morgan fingerprint density at radius 3 is 2.81 bits per heavy atom. The molecular weight excluding hydrogens is 206 g/mol. The zero-order valence-electron chi connectivity index (χ0n) is 8.82. The summed E-state index contributed by atoms with van der Waals surface area (Å²) in [6.07, 6.45) is 0.425. The number of amides is 1. The van der Waals surface area contributed by atoms with Gasteiger partial charge in [0, 0.05) is 17.7 Å². The molecule has 1 spiro atoms. The summed E-state index contributed by atoms with van der Waals surface area (Å²) in [5, 5.41) is 2.76. The van der Waals surface area contributed by atoms with Crippen LogP contribution in [0.15, 0.2) is 24.3 Å². The molecular formula is C12H11NO3. The Bertz CT molecular complexity index is 497. The van der Waals surface area contributed by atoms with Crippen LogP contribution in [0.3, 0.4) is 0 Å². The standard InChI is InChI=1S/C12H11NO3/c1-7-6-12(16-10(7)14)8-4-2-3-5-9(8)13-11(12)15/h2-5,7H,6H2,1H3,(H,13,15). The minimum Gasteiger partial charge on any atom is -0.444 e. The van der Waals surface area contributed by atoms with Crippen LogP contribution in [0.2, 0.25) is 0 Å². The van der Waals surface area contributed by atoms with E-state index >= 15 is 0 Å². The molecule has 0 radical (unpaired) electrons. The van der Waals surface area contributed by atoms with Crippen LogP contribution < -0.4 is 5.32 Å². The van der Waals surface area contributed by atoms with Crippen LogP contribution in [-0.2, 0) is 19.9 Å². The van der Waals surface area contributed by atoms with Gasteiger partial charge in [0.2, 0.25) is 5.60 Å². The average Bonchev–Trinajstić information content (AvgIpc) is 2.69. The van der Waals surface area contributed by atoms with Crippen molar-refractivity contribution < 1.29 is 14.3 Å². The van der Waals surface area contributed by atoms with Gasteiger partial charge in [-0.3, -0.25) is 9.59 Å². The Labute approximate surface area is 92.6 Å². The molecule has 1 amide bonds. The van der Waals surface area contributed by atoms with Gasteiger partial charge in [0.1, 0.15) is 0 Å². The molecule has 1 N–H and O–H groups in total. The van der Waals surface area contributed by atoms with Crippen molar-refractivity contribution in [2.24, 2.45) is 5.92 Å². The summed E-state index contributed by atoms with van der Waals surface area (Å²) < 4.78 is 5.31. The van der Waals surface area contributed by atoms with Crippen LogP contribution >= 0.6 is 0 Å². The predicted octanol–water partition coefficient (Wildman–Crippen LogP) is 1.42. The number of rotatable bonds is 0. The zero-order chi connectivity index (χ0) is 11.3. The Balaban J connectivity index is 2.15. The minimum absolute atomic E-state index is 0.225. The number of anilines is 1. The fraction of sp³-hybridized carbons (Fsp3) is 0.333. The molecule has 4 nitrogen and oxygen atoms in total. The van der Waals surface area contributed by atoms with Crippen LogP contribution in [0.1, 0.15) is 18.9 Å². The first-order valence-corrected chi connectivity index (χ1v) is 5.27. The topological polar surface area (TPSA) is 55.4 Å². The Hall–Kier alpha value is -1.84. The lowest BCUT2D eigenvalue weighted by Gasteiger charge is -2.19. The van der Waals surface area contributed by atoms with Crippen molar-refractivity contribution in [3.05, 3.63) is 29.8 Å². The highest BCUT2D eigenvalue weighted by molar-refractivity contribution is 6.07. The summed E-state index contributed by atoms with van der Waals surface area (Å²) in [7, 11) is 0. The summed E-state index contributed by atoms with van der Waals surface area (Å²) in [6.45, 7) is 1.78. The fourth-order valence-electron chi connectivity index (χ4n) is 2.42. The summed E-state index contributed by atoms with van der Waals surface area (Å²) in [4.78, 5) is 23.4. The average molecular weight is 217 g/mol. The predicted molar refractivity (Wildman–Crippen MR) is 56.6 cm³/mol. The number of benzene rings is 1. The molecule has 3 rings (SSSR count). The van der Waals surface area contributed by atoms with Gasteiger partial charge in [0.05, 0.1) is 5.92 Å². The number of hydrogen-bond donors (Lipinski definition) is 1. The SMILES string of the molecule is CC1CC2(OC1=O)C(=O)Nc1ccccc12. The fourth-order valence-corrected chi connectivity index (χ4v) is 2.42. The molecule has 2 aliphatic rings. The van der Waals surface area contributed by atoms with Crippen LogP contribution in [0, 0.1) is 5.92 Å². The van der Waals surface area contributed by atoms with Gasteiger partial charge < -0.3 is 10.1 Å². The van der Waals surface area contributed by atoms with Gasteiger partial charge in [-0.05, 0) is 6.07 Å². The first kappa shape index (κ1) is 9.39. The van der Waals surface area contributed by atoms with Crippen molar-refractivity contribution in [2.45, 2.75) is 18.9 Å². The van der Waals surface area contributed by atoms with Gasteiger partial charge in [0.15, 0.2) is 0 Å². The molecule has 1 saturated heterocycles. The number of nitrogens with one attached hydrogen (secondary N) is 1. The van der Waals surface area contributed by atoms with E-state index in [-0.39, 0.29) is 17.8 Å². The van der Waals surface area contributed by atoms with Crippen molar-refractivity contribution >= 4 is 17.6 Å². The number of hydrogen-bond acceptors (Lipinski definition) is 3. The summed E-state index contributed by atoms with van der Waals surface area (Å²) in [6, 6.07) is 7.34. The largest absolute Gasteiger partial charge is 0.444 e. The monoisotopic (exact) mass is 217 g/mol. The second-order valence-electron chi connectivity index (χ2n) is 4.35. The first-order chi connectivity index (χ1) is 7.63. The molecule has 0 aromatic heterocycles. The number of carbonyl (C=O) groups is 2. The van der Waals surface area contributed by atoms with E-state index in [9.17, 15) is 9.59 Å². The van der Waals surface area contributed by atoms with Gasteiger partial charge in [0.25, 0.3) is 5.91 Å². The van der Waals surface area contributed by atoms with E-state index in [1.807, 2.05) is 24.3 Å². The van der Waals surface area contributed by atoms with Crippen LogP contribution in [-0.4, -0.2) is 11.9 Å². The molecule has 0 saturated carbocycles. The Morgan fingerprint density at radius 1 is 1.38 bits per heavy atom. The maximum absolute atomic E-state index is 12.0. The van der Waals surface area contributed by atoms with Gasteiger partial charge in [-0.25, -0.2) is 0 Å². The molecule has 1 aromatic rings. The van der Waals surface area contributed by atoms with E-state index in [1.54, 1.807) is 6.92 Å². The lowest BCUT2D eigenvalue weighted by atomic mass is 9.89. The molecule has 1 fully saturated rings. The van der Waals surface area contributed by atoms with Crippen LogP contribution in [0.4, 0.5) is 5.69 Å². The molecule has 0 aliphatic carbocycles. The second-order valence-corrected chi connectivity index (χ2v) is 4.35. The molecule has 2 heterocycles. The van der Waals surface area contributed by atoms with Gasteiger partial charge in [-0.15, -0.1) is 0 Å². The highest BCUT2D eigenvalue weighted by Gasteiger charge is 2.56. The minimum atomic E-state index is -1.08.